The molecule has 2 aromatic carbocycles. The Morgan fingerprint density at radius 1 is 0.962 bits per heavy atom. The normalized spacial score (nSPS) is 14.1. The molecule has 1 saturated heterocycles. The largest absolute Gasteiger partial charge is 0.494 e. The summed E-state index contributed by atoms with van der Waals surface area (Å²) >= 11 is 0. The number of nitrogens with zero attached hydrogens (tertiary/aromatic N) is 2. The first-order chi connectivity index (χ1) is 12.6. The maximum atomic E-state index is 12.7. The smallest absolute Gasteiger partial charge is 0.322 e. The number of hydrogen-bond donors (Lipinski definition) is 1. The highest BCUT2D eigenvalue weighted by atomic mass is 16.5. The summed E-state index contributed by atoms with van der Waals surface area (Å²) in [6.45, 7) is 5.03. The molecule has 6 heteroatoms. The number of piperazine rings is 1. The summed E-state index contributed by atoms with van der Waals surface area (Å²) in [4.78, 5) is 16.8. The molecule has 1 fully saturated rings. The predicted octanol–water partition coefficient (Wildman–Crippen LogP) is 3.37. The summed E-state index contributed by atoms with van der Waals surface area (Å²) in [6, 6.07) is 13.7. The number of anilines is 2. The number of aryl methyl sites for hydroxylation is 1. The maximum absolute atomic E-state index is 12.7. The molecule has 6 nitrogen and oxygen atoms in total. The quantitative estimate of drug-likeness (QED) is 0.914. The van der Waals surface area contributed by atoms with E-state index in [1.807, 2.05) is 11.0 Å². The number of benzene rings is 2. The molecule has 0 aromatic heterocycles. The first-order valence-electron chi connectivity index (χ1n) is 8.71. The molecule has 2 aromatic rings. The Hall–Kier alpha value is -2.89. The van der Waals surface area contributed by atoms with Crippen LogP contribution in [0.1, 0.15) is 5.56 Å². The fourth-order valence-electron chi connectivity index (χ4n) is 3.15. The molecule has 26 heavy (non-hydrogen) atoms. The molecule has 2 amide bonds. The summed E-state index contributed by atoms with van der Waals surface area (Å²) in [5.74, 6) is 1.16. The van der Waals surface area contributed by atoms with E-state index < -0.39 is 0 Å². The van der Waals surface area contributed by atoms with Crippen LogP contribution in [-0.4, -0.2) is 51.3 Å². The number of ether oxygens (including phenoxy) is 2. The highest BCUT2D eigenvalue weighted by molar-refractivity contribution is 5.93. The Bertz CT molecular complexity index is 748. The van der Waals surface area contributed by atoms with Gasteiger partial charge in [0.15, 0.2) is 0 Å². The van der Waals surface area contributed by atoms with Crippen LogP contribution in [0.4, 0.5) is 16.2 Å². The van der Waals surface area contributed by atoms with E-state index in [2.05, 4.69) is 41.4 Å². The monoisotopic (exact) mass is 355 g/mol. The van der Waals surface area contributed by atoms with Gasteiger partial charge in [-0.1, -0.05) is 18.2 Å². The number of carbonyl (C=O) groups is 1. The molecule has 1 aliphatic heterocycles. The van der Waals surface area contributed by atoms with Crippen LogP contribution in [0.15, 0.2) is 42.5 Å². The van der Waals surface area contributed by atoms with E-state index in [0.29, 0.717) is 30.3 Å². The molecular formula is C20H25N3O3. The van der Waals surface area contributed by atoms with E-state index in [1.54, 1.807) is 26.4 Å². The van der Waals surface area contributed by atoms with Crippen molar-refractivity contribution in [3.05, 3.63) is 48.0 Å². The fourth-order valence-corrected chi connectivity index (χ4v) is 3.15. The standard InChI is InChI=1S/C20H25N3O3/c1-15-6-4-7-16(14-15)22-10-12-23(13-11-22)20(24)21-19-17(25-2)8-5-9-18(19)26-3/h4-9,14H,10-13H2,1-3H3,(H,21,24). The van der Waals surface area contributed by atoms with Crippen LogP contribution in [0, 0.1) is 6.92 Å². The van der Waals surface area contributed by atoms with Crippen LogP contribution in [0.25, 0.3) is 0 Å². The van der Waals surface area contributed by atoms with Crippen molar-refractivity contribution in [3.63, 3.8) is 0 Å². The van der Waals surface area contributed by atoms with E-state index in [9.17, 15) is 4.79 Å². The van der Waals surface area contributed by atoms with Crippen LogP contribution in [0.3, 0.4) is 0 Å². The summed E-state index contributed by atoms with van der Waals surface area (Å²) < 4.78 is 10.7. The van der Waals surface area contributed by atoms with Crippen LogP contribution >= 0.6 is 0 Å². The van der Waals surface area contributed by atoms with Gasteiger partial charge in [0.2, 0.25) is 0 Å². The van der Waals surface area contributed by atoms with E-state index in [1.165, 1.54) is 11.3 Å². The molecule has 1 aliphatic rings. The number of urea groups is 1. The highest BCUT2D eigenvalue weighted by Crippen LogP contribution is 2.34. The molecule has 0 atom stereocenters. The molecule has 0 bridgehead atoms. The lowest BCUT2D eigenvalue weighted by molar-refractivity contribution is 0.208. The molecule has 0 saturated carbocycles. The third-order valence-corrected chi connectivity index (χ3v) is 4.59. The second kappa shape index (κ2) is 7.99. The highest BCUT2D eigenvalue weighted by Gasteiger charge is 2.23. The zero-order valence-electron chi connectivity index (χ0n) is 15.5. The average molecular weight is 355 g/mol. The Morgan fingerprint density at radius 2 is 1.58 bits per heavy atom. The van der Waals surface area contributed by atoms with Crippen molar-refractivity contribution in [3.8, 4) is 11.5 Å². The fraction of sp³-hybridized carbons (Fsp3) is 0.350. The van der Waals surface area contributed by atoms with E-state index >= 15 is 0 Å². The number of amides is 2. The summed E-state index contributed by atoms with van der Waals surface area (Å²) in [6.07, 6.45) is 0. The van der Waals surface area contributed by atoms with Crippen LogP contribution < -0.4 is 19.7 Å². The number of para-hydroxylation sites is 1. The molecule has 1 N–H and O–H groups in total. The molecule has 138 valence electrons. The second-order valence-corrected chi connectivity index (χ2v) is 6.28. The van der Waals surface area contributed by atoms with Gasteiger partial charge in [0.25, 0.3) is 0 Å². The minimum Gasteiger partial charge on any atom is -0.494 e. The Labute approximate surface area is 154 Å². The van der Waals surface area contributed by atoms with Crippen molar-refractivity contribution < 1.29 is 14.3 Å². The van der Waals surface area contributed by atoms with E-state index in [4.69, 9.17) is 9.47 Å². The van der Waals surface area contributed by atoms with Gasteiger partial charge in [-0.05, 0) is 36.8 Å². The van der Waals surface area contributed by atoms with Crippen LogP contribution in [0.2, 0.25) is 0 Å². The van der Waals surface area contributed by atoms with Gasteiger partial charge in [0.05, 0.1) is 14.2 Å². The Balaban J connectivity index is 1.64. The lowest BCUT2D eigenvalue weighted by Gasteiger charge is -2.36. The van der Waals surface area contributed by atoms with Crippen LogP contribution in [-0.2, 0) is 0 Å². The lowest BCUT2D eigenvalue weighted by atomic mass is 10.2. The van der Waals surface area contributed by atoms with Gasteiger partial charge in [0, 0.05) is 31.9 Å². The maximum Gasteiger partial charge on any atom is 0.322 e. The minimum atomic E-state index is -0.142. The van der Waals surface area contributed by atoms with Gasteiger partial charge in [0.1, 0.15) is 17.2 Å². The van der Waals surface area contributed by atoms with Gasteiger partial charge in [-0.25, -0.2) is 4.79 Å². The lowest BCUT2D eigenvalue weighted by Crippen LogP contribution is -2.50. The SMILES string of the molecule is COc1cccc(OC)c1NC(=O)N1CCN(c2cccc(C)c2)CC1. The summed E-state index contributed by atoms with van der Waals surface area (Å²) in [7, 11) is 3.15. The van der Waals surface area contributed by atoms with Gasteiger partial charge < -0.3 is 24.6 Å². The molecule has 0 unspecified atom stereocenters. The minimum absolute atomic E-state index is 0.142. The third-order valence-electron chi connectivity index (χ3n) is 4.59. The van der Waals surface area contributed by atoms with Gasteiger partial charge in [-0.2, -0.15) is 0 Å². The number of hydrogen-bond acceptors (Lipinski definition) is 4. The predicted molar refractivity (Wildman–Crippen MR) is 104 cm³/mol. The van der Waals surface area contributed by atoms with Gasteiger partial charge in [-0.15, -0.1) is 0 Å². The van der Waals surface area contributed by atoms with Crippen molar-refractivity contribution in [2.75, 3.05) is 50.6 Å². The van der Waals surface area contributed by atoms with Gasteiger partial charge >= 0.3 is 6.03 Å². The Morgan fingerprint density at radius 3 is 2.15 bits per heavy atom. The van der Waals surface area contributed by atoms with Crippen molar-refractivity contribution in [2.45, 2.75) is 6.92 Å². The molecule has 3 rings (SSSR count). The number of rotatable bonds is 4. The van der Waals surface area contributed by atoms with Crippen molar-refractivity contribution in [2.24, 2.45) is 0 Å². The van der Waals surface area contributed by atoms with Gasteiger partial charge in [-0.3, -0.25) is 0 Å². The van der Waals surface area contributed by atoms with Crippen LogP contribution in [0.5, 0.6) is 11.5 Å². The number of methoxy groups -OCH3 is 2. The molecule has 1 heterocycles. The van der Waals surface area contributed by atoms with E-state index in [-0.39, 0.29) is 6.03 Å². The zero-order chi connectivity index (χ0) is 18.5. The number of nitrogens with one attached hydrogen (secondary N) is 1. The molecule has 0 spiro atoms. The first kappa shape index (κ1) is 17.9. The topological polar surface area (TPSA) is 54.0 Å². The average Bonchev–Trinajstić information content (AvgIpc) is 2.68. The third kappa shape index (κ3) is 3.85. The zero-order valence-corrected chi connectivity index (χ0v) is 15.5. The summed E-state index contributed by atoms with van der Waals surface area (Å²) in [5.41, 5.74) is 3.01. The van der Waals surface area contributed by atoms with Crippen molar-refractivity contribution in [1.29, 1.82) is 0 Å². The Kier molecular flexibility index (Phi) is 5.51. The van der Waals surface area contributed by atoms with Crippen molar-refractivity contribution >= 4 is 17.4 Å². The molecule has 0 aliphatic carbocycles. The second-order valence-electron chi connectivity index (χ2n) is 6.28. The van der Waals surface area contributed by atoms with E-state index in [0.717, 1.165) is 13.1 Å². The van der Waals surface area contributed by atoms with Crippen molar-refractivity contribution in [1.82, 2.24) is 4.90 Å². The molecular weight excluding hydrogens is 330 g/mol. The number of carbonyl (C=O) groups excluding carboxylic acids is 1. The summed E-state index contributed by atoms with van der Waals surface area (Å²) in [5, 5.41) is 2.93. The molecule has 0 radical (unpaired) electrons. The first-order valence-corrected chi connectivity index (χ1v) is 8.71.